The van der Waals surface area contributed by atoms with Gasteiger partial charge in [0.1, 0.15) is 25.3 Å². The molecule has 0 aliphatic carbocycles. The van der Waals surface area contributed by atoms with Gasteiger partial charge in [0.25, 0.3) is 0 Å². The fraction of sp³-hybridized carbons (Fsp3) is 0.276. The van der Waals surface area contributed by atoms with Crippen LogP contribution in [-0.4, -0.2) is 41.5 Å². The van der Waals surface area contributed by atoms with Gasteiger partial charge < -0.3 is 14.8 Å². The number of carbonyl (C=O) groups is 3. The van der Waals surface area contributed by atoms with E-state index in [1.54, 1.807) is 0 Å². The lowest BCUT2D eigenvalue weighted by Crippen LogP contribution is -2.52. The van der Waals surface area contributed by atoms with Crippen LogP contribution in [0.4, 0.5) is 4.79 Å². The number of benzene rings is 3. The number of likely N-dealkylation sites (tertiary alicyclic amines) is 1. The SMILES string of the molecule is O=C(OCc1ccccc1)[C@H](Cc1ccccc1)NC(=O)[C@H]1CCCN1C(=O)OCc1ccccc1. The molecule has 1 aliphatic heterocycles. The molecule has 1 aliphatic rings. The molecule has 186 valence electrons. The molecular weight excluding hydrogens is 456 g/mol. The molecule has 2 atom stereocenters. The minimum Gasteiger partial charge on any atom is -0.459 e. The Balaban J connectivity index is 1.39. The van der Waals surface area contributed by atoms with E-state index in [0.717, 1.165) is 16.7 Å². The van der Waals surface area contributed by atoms with E-state index < -0.39 is 24.1 Å². The van der Waals surface area contributed by atoms with E-state index in [0.29, 0.717) is 19.4 Å². The van der Waals surface area contributed by atoms with Crippen LogP contribution in [0.15, 0.2) is 91.0 Å². The highest BCUT2D eigenvalue weighted by Crippen LogP contribution is 2.20. The molecule has 0 saturated carbocycles. The number of ether oxygens (including phenoxy) is 2. The van der Waals surface area contributed by atoms with Crippen molar-refractivity contribution in [3.05, 3.63) is 108 Å². The number of carbonyl (C=O) groups excluding carboxylic acids is 3. The van der Waals surface area contributed by atoms with Crippen LogP contribution >= 0.6 is 0 Å². The number of nitrogens with one attached hydrogen (secondary N) is 1. The normalized spacial score (nSPS) is 15.7. The first-order chi connectivity index (χ1) is 17.6. The smallest absolute Gasteiger partial charge is 0.410 e. The second-order valence-corrected chi connectivity index (χ2v) is 8.74. The topological polar surface area (TPSA) is 84.9 Å². The molecule has 36 heavy (non-hydrogen) atoms. The molecule has 0 radical (unpaired) electrons. The fourth-order valence-electron chi connectivity index (χ4n) is 4.20. The maximum absolute atomic E-state index is 13.2. The van der Waals surface area contributed by atoms with Gasteiger partial charge in [0.2, 0.25) is 5.91 Å². The van der Waals surface area contributed by atoms with Crippen LogP contribution in [0.25, 0.3) is 0 Å². The zero-order chi connectivity index (χ0) is 25.2. The molecule has 2 amide bonds. The molecule has 1 heterocycles. The quantitative estimate of drug-likeness (QED) is 0.457. The number of esters is 1. The van der Waals surface area contributed by atoms with Gasteiger partial charge in [0, 0.05) is 13.0 Å². The van der Waals surface area contributed by atoms with Crippen LogP contribution in [0.5, 0.6) is 0 Å². The van der Waals surface area contributed by atoms with Gasteiger partial charge >= 0.3 is 12.1 Å². The highest BCUT2D eigenvalue weighted by Gasteiger charge is 2.37. The number of amides is 2. The number of nitrogens with zero attached hydrogens (tertiary/aromatic N) is 1. The molecule has 0 aromatic heterocycles. The van der Waals surface area contributed by atoms with Gasteiger partial charge in [-0.15, -0.1) is 0 Å². The van der Waals surface area contributed by atoms with Crippen molar-refractivity contribution in [2.75, 3.05) is 6.54 Å². The molecule has 4 rings (SSSR count). The summed E-state index contributed by atoms with van der Waals surface area (Å²) in [6.45, 7) is 0.669. The first kappa shape index (κ1) is 25.0. The summed E-state index contributed by atoms with van der Waals surface area (Å²) in [5, 5.41) is 2.84. The first-order valence-corrected chi connectivity index (χ1v) is 12.1. The summed E-state index contributed by atoms with van der Waals surface area (Å²) >= 11 is 0. The van der Waals surface area contributed by atoms with E-state index in [1.807, 2.05) is 91.0 Å². The van der Waals surface area contributed by atoms with Crippen LogP contribution in [-0.2, 0) is 38.7 Å². The lowest BCUT2D eigenvalue weighted by atomic mass is 10.1. The molecule has 1 fully saturated rings. The standard InChI is InChI=1S/C29H30N2O5/c32-27(26-17-10-18-31(26)29(34)36-21-24-15-8-3-9-16-24)30-25(19-22-11-4-1-5-12-22)28(33)35-20-23-13-6-2-7-14-23/h1-9,11-16,25-26H,10,17-21H2,(H,30,32)/t25-,26+/m0/s1. The summed E-state index contributed by atoms with van der Waals surface area (Å²) in [4.78, 5) is 40.4. The number of hydrogen-bond acceptors (Lipinski definition) is 5. The zero-order valence-corrected chi connectivity index (χ0v) is 20.0. The third-order valence-corrected chi connectivity index (χ3v) is 6.10. The summed E-state index contributed by atoms with van der Waals surface area (Å²) < 4.78 is 11.0. The Kier molecular flexibility index (Phi) is 8.70. The van der Waals surface area contributed by atoms with Gasteiger partial charge in [-0.2, -0.15) is 0 Å². The Morgan fingerprint density at radius 2 is 1.31 bits per heavy atom. The molecule has 3 aromatic rings. The lowest BCUT2D eigenvalue weighted by molar-refractivity contribution is -0.149. The fourth-order valence-corrected chi connectivity index (χ4v) is 4.20. The van der Waals surface area contributed by atoms with Crippen LogP contribution < -0.4 is 5.32 Å². The van der Waals surface area contributed by atoms with Crippen LogP contribution in [0.3, 0.4) is 0 Å². The zero-order valence-electron chi connectivity index (χ0n) is 20.0. The third-order valence-electron chi connectivity index (χ3n) is 6.10. The molecule has 3 aromatic carbocycles. The van der Waals surface area contributed by atoms with Gasteiger partial charge in [-0.1, -0.05) is 91.0 Å². The van der Waals surface area contributed by atoms with Crippen molar-refractivity contribution in [2.45, 2.75) is 44.6 Å². The van der Waals surface area contributed by atoms with Crippen molar-refractivity contribution in [1.82, 2.24) is 10.2 Å². The van der Waals surface area contributed by atoms with Gasteiger partial charge in [0.15, 0.2) is 0 Å². The highest BCUT2D eigenvalue weighted by atomic mass is 16.6. The Morgan fingerprint density at radius 3 is 1.89 bits per heavy atom. The minimum absolute atomic E-state index is 0.113. The Labute approximate surface area is 211 Å². The largest absolute Gasteiger partial charge is 0.459 e. The molecule has 0 spiro atoms. The summed E-state index contributed by atoms with van der Waals surface area (Å²) in [6.07, 6.45) is 0.928. The van der Waals surface area contributed by atoms with Crippen LogP contribution in [0.2, 0.25) is 0 Å². The second-order valence-electron chi connectivity index (χ2n) is 8.74. The minimum atomic E-state index is -0.883. The highest BCUT2D eigenvalue weighted by molar-refractivity contribution is 5.90. The van der Waals surface area contributed by atoms with Crippen molar-refractivity contribution >= 4 is 18.0 Å². The third kappa shape index (κ3) is 6.95. The summed E-state index contributed by atoms with van der Waals surface area (Å²) in [5.41, 5.74) is 2.62. The monoisotopic (exact) mass is 486 g/mol. The van der Waals surface area contributed by atoms with E-state index in [2.05, 4.69) is 5.32 Å². The van der Waals surface area contributed by atoms with Crippen molar-refractivity contribution in [2.24, 2.45) is 0 Å². The average molecular weight is 487 g/mol. The van der Waals surface area contributed by atoms with Crippen molar-refractivity contribution < 1.29 is 23.9 Å². The number of rotatable bonds is 9. The predicted octanol–water partition coefficient (Wildman–Crippen LogP) is 4.26. The van der Waals surface area contributed by atoms with Crippen molar-refractivity contribution in [3.8, 4) is 0 Å². The second kappa shape index (κ2) is 12.5. The van der Waals surface area contributed by atoms with Crippen molar-refractivity contribution in [3.63, 3.8) is 0 Å². The Morgan fingerprint density at radius 1 is 0.778 bits per heavy atom. The van der Waals surface area contributed by atoms with Gasteiger partial charge in [0.05, 0.1) is 0 Å². The molecule has 0 unspecified atom stereocenters. The van der Waals surface area contributed by atoms with Crippen LogP contribution in [0, 0.1) is 0 Å². The predicted molar refractivity (Wildman–Crippen MR) is 135 cm³/mol. The van der Waals surface area contributed by atoms with Gasteiger partial charge in [-0.3, -0.25) is 9.69 Å². The summed E-state index contributed by atoms with van der Waals surface area (Å²) in [7, 11) is 0. The average Bonchev–Trinajstić information content (AvgIpc) is 3.42. The Hall–Kier alpha value is -4.13. The maximum Gasteiger partial charge on any atom is 0.410 e. The summed E-state index contributed by atoms with van der Waals surface area (Å²) in [6, 6.07) is 26.6. The first-order valence-electron chi connectivity index (χ1n) is 12.1. The van der Waals surface area contributed by atoms with Gasteiger partial charge in [-0.05, 0) is 29.5 Å². The summed E-state index contributed by atoms with van der Waals surface area (Å²) in [5.74, 6) is -0.908. The van der Waals surface area contributed by atoms with E-state index >= 15 is 0 Å². The molecule has 7 heteroatoms. The molecule has 0 bridgehead atoms. The molecule has 7 nitrogen and oxygen atoms in total. The maximum atomic E-state index is 13.2. The van der Waals surface area contributed by atoms with Gasteiger partial charge in [-0.25, -0.2) is 9.59 Å². The van der Waals surface area contributed by atoms with Crippen LogP contribution in [0.1, 0.15) is 29.5 Å². The number of hydrogen-bond donors (Lipinski definition) is 1. The van der Waals surface area contributed by atoms with E-state index in [-0.39, 0.29) is 25.5 Å². The van der Waals surface area contributed by atoms with E-state index in [1.165, 1.54) is 4.90 Å². The van der Waals surface area contributed by atoms with E-state index in [9.17, 15) is 14.4 Å². The molecular formula is C29H30N2O5. The molecule has 1 saturated heterocycles. The molecule has 1 N–H and O–H groups in total. The van der Waals surface area contributed by atoms with E-state index in [4.69, 9.17) is 9.47 Å². The van der Waals surface area contributed by atoms with Crippen molar-refractivity contribution in [1.29, 1.82) is 0 Å². The Bertz CT molecular complexity index is 1140. The lowest BCUT2D eigenvalue weighted by Gasteiger charge is -2.25.